The third kappa shape index (κ3) is 4.09. The number of ether oxygens (including phenoxy) is 1. The number of carbonyl (C=O) groups is 1. The summed E-state index contributed by atoms with van der Waals surface area (Å²) in [7, 11) is 0. The number of hydrogen-bond acceptors (Lipinski definition) is 3. The van der Waals surface area contributed by atoms with Crippen molar-refractivity contribution in [1.82, 2.24) is 0 Å². The third-order valence-corrected chi connectivity index (χ3v) is 2.89. The first-order valence-corrected chi connectivity index (χ1v) is 5.63. The smallest absolute Gasteiger partial charge is 0.305 e. The van der Waals surface area contributed by atoms with E-state index in [1.54, 1.807) is 0 Å². The van der Waals surface area contributed by atoms with E-state index in [2.05, 4.69) is 0 Å². The van der Waals surface area contributed by atoms with Crippen LogP contribution < -0.4 is 5.73 Å². The van der Waals surface area contributed by atoms with Gasteiger partial charge < -0.3 is 10.5 Å². The topological polar surface area (TPSA) is 52.3 Å². The fourth-order valence-electron chi connectivity index (χ4n) is 2.15. The molecule has 0 aromatic carbocycles. The van der Waals surface area contributed by atoms with Gasteiger partial charge >= 0.3 is 5.97 Å². The highest BCUT2D eigenvalue weighted by Gasteiger charge is 2.19. The van der Waals surface area contributed by atoms with Crippen LogP contribution >= 0.6 is 0 Å². The molecule has 0 radical (unpaired) electrons. The van der Waals surface area contributed by atoms with E-state index in [0.717, 1.165) is 19.3 Å². The molecular weight excluding hydrogens is 178 g/mol. The van der Waals surface area contributed by atoms with Crippen LogP contribution in [0.15, 0.2) is 0 Å². The Bertz CT molecular complexity index is 182. The molecule has 1 aliphatic rings. The molecule has 1 saturated carbocycles. The van der Waals surface area contributed by atoms with Crippen LogP contribution in [-0.2, 0) is 9.53 Å². The molecule has 0 spiro atoms. The van der Waals surface area contributed by atoms with Crippen molar-refractivity contribution in [1.29, 1.82) is 0 Å². The molecule has 1 rings (SSSR count). The Morgan fingerprint density at radius 2 is 2.29 bits per heavy atom. The average Bonchev–Trinajstić information content (AvgIpc) is 2.15. The zero-order chi connectivity index (χ0) is 10.4. The Hall–Kier alpha value is -0.570. The lowest BCUT2D eigenvalue weighted by atomic mass is 9.83. The summed E-state index contributed by atoms with van der Waals surface area (Å²) in [5.74, 6) is 0.579. The van der Waals surface area contributed by atoms with E-state index in [9.17, 15) is 4.79 Å². The Labute approximate surface area is 86.0 Å². The zero-order valence-corrected chi connectivity index (χ0v) is 9.00. The molecule has 0 bridgehead atoms. The molecule has 14 heavy (non-hydrogen) atoms. The van der Waals surface area contributed by atoms with E-state index >= 15 is 0 Å². The molecule has 0 aromatic heterocycles. The lowest BCUT2D eigenvalue weighted by Gasteiger charge is -2.26. The fraction of sp³-hybridized carbons (Fsp3) is 0.909. The Balaban J connectivity index is 2.14. The van der Waals surface area contributed by atoms with Gasteiger partial charge in [0.1, 0.15) is 0 Å². The van der Waals surface area contributed by atoms with Gasteiger partial charge in [0.15, 0.2) is 0 Å². The van der Waals surface area contributed by atoms with Gasteiger partial charge in [-0.25, -0.2) is 0 Å². The SMILES string of the molecule is CCOC(=O)CC[C@@H]1CCC[C@@H](N)C1. The van der Waals surface area contributed by atoms with Gasteiger partial charge in [-0.2, -0.15) is 0 Å². The van der Waals surface area contributed by atoms with E-state index in [-0.39, 0.29) is 5.97 Å². The second kappa shape index (κ2) is 6.02. The first-order chi connectivity index (χ1) is 6.72. The third-order valence-electron chi connectivity index (χ3n) is 2.89. The largest absolute Gasteiger partial charge is 0.466 e. The Morgan fingerprint density at radius 1 is 1.50 bits per heavy atom. The number of hydrogen-bond donors (Lipinski definition) is 1. The molecule has 0 saturated heterocycles. The van der Waals surface area contributed by atoms with Crippen LogP contribution in [0.5, 0.6) is 0 Å². The summed E-state index contributed by atoms with van der Waals surface area (Å²) in [6.45, 7) is 2.33. The lowest BCUT2D eigenvalue weighted by Crippen LogP contribution is -2.28. The molecule has 0 aliphatic heterocycles. The van der Waals surface area contributed by atoms with Gasteiger partial charge in [0, 0.05) is 12.5 Å². The molecule has 0 amide bonds. The molecule has 0 unspecified atom stereocenters. The van der Waals surface area contributed by atoms with Crippen molar-refractivity contribution in [2.45, 2.75) is 51.5 Å². The normalized spacial score (nSPS) is 27.3. The first-order valence-electron chi connectivity index (χ1n) is 5.63. The molecule has 3 nitrogen and oxygen atoms in total. The standard InChI is InChI=1S/C11H21NO2/c1-2-14-11(13)7-6-9-4-3-5-10(12)8-9/h9-10H,2-8,12H2,1H3/t9-,10+/m0/s1. The van der Waals surface area contributed by atoms with Crippen molar-refractivity contribution in [2.24, 2.45) is 11.7 Å². The zero-order valence-electron chi connectivity index (χ0n) is 9.00. The number of rotatable bonds is 4. The number of carbonyl (C=O) groups excluding carboxylic acids is 1. The molecular formula is C11H21NO2. The molecule has 82 valence electrons. The quantitative estimate of drug-likeness (QED) is 0.703. The molecule has 0 heterocycles. The minimum Gasteiger partial charge on any atom is -0.466 e. The van der Waals surface area contributed by atoms with Crippen molar-refractivity contribution in [2.75, 3.05) is 6.61 Å². The van der Waals surface area contributed by atoms with Crippen molar-refractivity contribution in [3.05, 3.63) is 0 Å². The van der Waals surface area contributed by atoms with Gasteiger partial charge in [-0.05, 0) is 32.1 Å². The summed E-state index contributed by atoms with van der Waals surface area (Å²) >= 11 is 0. The van der Waals surface area contributed by atoms with Crippen molar-refractivity contribution < 1.29 is 9.53 Å². The number of nitrogens with two attached hydrogens (primary N) is 1. The van der Waals surface area contributed by atoms with E-state index in [4.69, 9.17) is 10.5 Å². The Morgan fingerprint density at radius 3 is 2.93 bits per heavy atom. The minimum absolute atomic E-state index is 0.0633. The van der Waals surface area contributed by atoms with Gasteiger partial charge in [-0.15, -0.1) is 0 Å². The van der Waals surface area contributed by atoms with Crippen LogP contribution in [0.1, 0.15) is 45.4 Å². The minimum atomic E-state index is -0.0633. The monoisotopic (exact) mass is 199 g/mol. The highest BCUT2D eigenvalue weighted by molar-refractivity contribution is 5.69. The molecule has 3 heteroatoms. The van der Waals surface area contributed by atoms with Gasteiger partial charge in [-0.1, -0.05) is 12.8 Å². The van der Waals surface area contributed by atoms with Gasteiger partial charge in [0.25, 0.3) is 0 Å². The highest BCUT2D eigenvalue weighted by Crippen LogP contribution is 2.26. The molecule has 1 aliphatic carbocycles. The summed E-state index contributed by atoms with van der Waals surface area (Å²) in [5.41, 5.74) is 5.87. The summed E-state index contributed by atoms with van der Waals surface area (Å²) in [4.78, 5) is 11.1. The van der Waals surface area contributed by atoms with E-state index < -0.39 is 0 Å². The van der Waals surface area contributed by atoms with Gasteiger partial charge in [0.05, 0.1) is 6.61 Å². The second-order valence-electron chi connectivity index (χ2n) is 4.14. The van der Waals surface area contributed by atoms with Crippen molar-refractivity contribution >= 4 is 5.97 Å². The maximum absolute atomic E-state index is 11.1. The summed E-state index contributed by atoms with van der Waals surface area (Å²) in [6.07, 6.45) is 6.19. The summed E-state index contributed by atoms with van der Waals surface area (Å²) < 4.78 is 4.89. The molecule has 2 atom stereocenters. The van der Waals surface area contributed by atoms with Crippen LogP contribution in [0.4, 0.5) is 0 Å². The van der Waals surface area contributed by atoms with Crippen LogP contribution in [-0.4, -0.2) is 18.6 Å². The fourth-order valence-corrected chi connectivity index (χ4v) is 2.15. The predicted octanol–water partition coefficient (Wildman–Crippen LogP) is 1.85. The van der Waals surface area contributed by atoms with Crippen LogP contribution in [0.25, 0.3) is 0 Å². The van der Waals surface area contributed by atoms with E-state index in [0.29, 0.717) is 25.0 Å². The Kier molecular flexibility index (Phi) is 4.94. The van der Waals surface area contributed by atoms with Crippen molar-refractivity contribution in [3.63, 3.8) is 0 Å². The van der Waals surface area contributed by atoms with Gasteiger partial charge in [-0.3, -0.25) is 4.79 Å². The number of esters is 1. The highest BCUT2D eigenvalue weighted by atomic mass is 16.5. The average molecular weight is 199 g/mol. The molecule has 0 aromatic rings. The van der Waals surface area contributed by atoms with E-state index in [1.165, 1.54) is 12.8 Å². The second-order valence-corrected chi connectivity index (χ2v) is 4.14. The summed E-state index contributed by atoms with van der Waals surface area (Å²) in [5, 5.41) is 0. The predicted molar refractivity (Wildman–Crippen MR) is 55.8 cm³/mol. The van der Waals surface area contributed by atoms with Crippen LogP contribution in [0, 0.1) is 5.92 Å². The van der Waals surface area contributed by atoms with Gasteiger partial charge in [0.2, 0.25) is 0 Å². The van der Waals surface area contributed by atoms with Crippen LogP contribution in [0.3, 0.4) is 0 Å². The maximum atomic E-state index is 11.1. The van der Waals surface area contributed by atoms with Crippen LogP contribution in [0.2, 0.25) is 0 Å². The molecule has 1 fully saturated rings. The van der Waals surface area contributed by atoms with Crippen molar-refractivity contribution in [3.8, 4) is 0 Å². The maximum Gasteiger partial charge on any atom is 0.305 e. The summed E-state index contributed by atoms with van der Waals surface area (Å²) in [6, 6.07) is 0.357. The first kappa shape index (κ1) is 11.5. The van der Waals surface area contributed by atoms with E-state index in [1.807, 2.05) is 6.92 Å². The lowest BCUT2D eigenvalue weighted by molar-refractivity contribution is -0.143. The molecule has 2 N–H and O–H groups in total.